The normalized spacial score (nSPS) is 37.0. The summed E-state index contributed by atoms with van der Waals surface area (Å²) in [6.45, 7) is 4.86. The van der Waals surface area contributed by atoms with Crippen LogP contribution in [0.1, 0.15) is 33.6 Å². The second-order valence-electron chi connectivity index (χ2n) is 5.07. The van der Waals surface area contributed by atoms with E-state index in [1.165, 1.54) is 6.92 Å². The minimum Gasteiger partial charge on any atom is -0.463 e. The summed E-state index contributed by atoms with van der Waals surface area (Å²) in [6.07, 6.45) is 1.42. The van der Waals surface area contributed by atoms with Crippen LogP contribution in [0, 0.1) is 0 Å². The largest absolute Gasteiger partial charge is 0.463 e. The lowest BCUT2D eigenvalue weighted by molar-refractivity contribution is -0.216. The van der Waals surface area contributed by atoms with Gasteiger partial charge >= 0.3 is 5.97 Å². The fraction of sp³-hybridized carbons (Fsp3) is 0.909. The van der Waals surface area contributed by atoms with Crippen molar-refractivity contribution in [2.24, 2.45) is 0 Å². The monoisotopic (exact) mass is 230 g/mol. The van der Waals surface area contributed by atoms with Crippen molar-refractivity contribution in [1.29, 1.82) is 0 Å². The second kappa shape index (κ2) is 3.68. The lowest BCUT2D eigenvalue weighted by atomic mass is 10.1. The molecular formula is C11H18O5. The van der Waals surface area contributed by atoms with Crippen LogP contribution in [0.3, 0.4) is 0 Å². The van der Waals surface area contributed by atoms with Gasteiger partial charge in [0.25, 0.3) is 0 Å². The molecule has 5 heteroatoms. The van der Waals surface area contributed by atoms with E-state index in [1.54, 1.807) is 13.8 Å². The van der Waals surface area contributed by atoms with E-state index in [9.17, 15) is 9.90 Å². The van der Waals surface area contributed by atoms with Crippen molar-refractivity contribution < 1.29 is 24.1 Å². The summed E-state index contributed by atoms with van der Waals surface area (Å²) < 4.78 is 16.1. The SMILES string of the molecule is CC(=O)OCC1CC2(OC(C)(C)O)CC2O1. The molecule has 0 radical (unpaired) electrons. The van der Waals surface area contributed by atoms with Gasteiger partial charge in [-0.15, -0.1) is 0 Å². The van der Waals surface area contributed by atoms with Crippen molar-refractivity contribution in [3.63, 3.8) is 0 Å². The van der Waals surface area contributed by atoms with Gasteiger partial charge in [0, 0.05) is 19.8 Å². The molecule has 0 bridgehead atoms. The summed E-state index contributed by atoms with van der Waals surface area (Å²) in [5, 5.41) is 9.61. The molecule has 3 unspecified atom stereocenters. The number of esters is 1. The Kier molecular flexibility index (Phi) is 2.72. The first kappa shape index (κ1) is 11.8. The molecule has 0 aromatic heterocycles. The highest BCUT2D eigenvalue weighted by Gasteiger charge is 2.65. The van der Waals surface area contributed by atoms with E-state index in [-0.39, 0.29) is 30.4 Å². The van der Waals surface area contributed by atoms with Gasteiger partial charge in [0.15, 0.2) is 5.79 Å². The molecule has 1 N–H and O–H groups in total. The maximum atomic E-state index is 10.7. The molecule has 1 aliphatic heterocycles. The van der Waals surface area contributed by atoms with E-state index in [2.05, 4.69) is 0 Å². The molecule has 1 aliphatic carbocycles. The number of rotatable bonds is 4. The number of fused-ring (bicyclic) bond motifs is 1. The minimum absolute atomic E-state index is 0.0412. The number of carbonyl (C=O) groups excluding carboxylic acids is 1. The Labute approximate surface area is 94.7 Å². The van der Waals surface area contributed by atoms with Gasteiger partial charge in [-0.25, -0.2) is 0 Å². The van der Waals surface area contributed by atoms with Gasteiger partial charge < -0.3 is 19.3 Å². The Bertz CT molecular complexity index is 295. The summed E-state index contributed by atoms with van der Waals surface area (Å²) in [6, 6.07) is 0. The highest BCUT2D eigenvalue weighted by molar-refractivity contribution is 5.65. The average molecular weight is 230 g/mol. The highest BCUT2D eigenvalue weighted by Crippen LogP contribution is 2.54. The molecule has 0 spiro atoms. The zero-order valence-corrected chi connectivity index (χ0v) is 9.86. The van der Waals surface area contributed by atoms with Crippen LogP contribution in [-0.2, 0) is 19.0 Å². The Morgan fingerprint density at radius 2 is 2.25 bits per heavy atom. The number of hydrogen-bond acceptors (Lipinski definition) is 5. The zero-order valence-electron chi connectivity index (χ0n) is 9.86. The second-order valence-corrected chi connectivity index (χ2v) is 5.07. The van der Waals surface area contributed by atoms with Crippen molar-refractivity contribution in [3.8, 4) is 0 Å². The first-order chi connectivity index (χ1) is 7.31. The molecule has 92 valence electrons. The van der Waals surface area contributed by atoms with E-state index in [1.807, 2.05) is 0 Å². The quantitative estimate of drug-likeness (QED) is 0.565. The van der Waals surface area contributed by atoms with Crippen molar-refractivity contribution in [2.45, 2.75) is 57.2 Å². The maximum Gasteiger partial charge on any atom is 0.302 e. The van der Waals surface area contributed by atoms with Crippen molar-refractivity contribution in [2.75, 3.05) is 6.61 Å². The molecule has 0 aromatic carbocycles. The van der Waals surface area contributed by atoms with Crippen LogP contribution in [0.15, 0.2) is 0 Å². The Hall–Kier alpha value is -0.650. The van der Waals surface area contributed by atoms with E-state index in [4.69, 9.17) is 14.2 Å². The van der Waals surface area contributed by atoms with E-state index >= 15 is 0 Å². The van der Waals surface area contributed by atoms with Gasteiger partial charge in [0.1, 0.15) is 12.2 Å². The Balaban J connectivity index is 1.83. The summed E-state index contributed by atoms with van der Waals surface area (Å²) in [4.78, 5) is 10.7. The molecule has 2 aliphatic rings. The lowest BCUT2D eigenvalue weighted by Gasteiger charge is -2.24. The predicted octanol–water partition coefficient (Wildman–Crippen LogP) is 0.594. The predicted molar refractivity (Wildman–Crippen MR) is 54.6 cm³/mol. The van der Waals surface area contributed by atoms with Crippen molar-refractivity contribution >= 4 is 5.97 Å². The van der Waals surface area contributed by atoms with Gasteiger partial charge in [-0.05, 0) is 13.8 Å². The van der Waals surface area contributed by atoms with Crippen molar-refractivity contribution in [3.05, 3.63) is 0 Å². The summed E-state index contributed by atoms with van der Waals surface area (Å²) in [5.74, 6) is -1.45. The maximum absolute atomic E-state index is 10.7. The molecule has 1 saturated heterocycles. The number of ether oxygens (including phenoxy) is 3. The molecule has 3 atom stereocenters. The third-order valence-electron chi connectivity index (χ3n) is 2.81. The zero-order chi connectivity index (χ0) is 12.0. The van der Waals surface area contributed by atoms with E-state index < -0.39 is 5.79 Å². The van der Waals surface area contributed by atoms with Crippen LogP contribution < -0.4 is 0 Å². The van der Waals surface area contributed by atoms with Crippen LogP contribution in [0.5, 0.6) is 0 Å². The molecule has 5 nitrogen and oxygen atoms in total. The van der Waals surface area contributed by atoms with Gasteiger partial charge in [-0.3, -0.25) is 4.79 Å². The molecule has 2 fully saturated rings. The first-order valence-corrected chi connectivity index (χ1v) is 5.52. The Morgan fingerprint density at radius 1 is 1.56 bits per heavy atom. The molecule has 2 rings (SSSR count). The third-order valence-corrected chi connectivity index (χ3v) is 2.81. The summed E-state index contributed by atoms with van der Waals surface area (Å²) in [7, 11) is 0. The van der Waals surface area contributed by atoms with Crippen LogP contribution >= 0.6 is 0 Å². The van der Waals surface area contributed by atoms with Crippen molar-refractivity contribution in [1.82, 2.24) is 0 Å². The molecule has 1 saturated carbocycles. The fourth-order valence-electron chi connectivity index (χ4n) is 2.26. The van der Waals surface area contributed by atoms with Gasteiger partial charge in [0.2, 0.25) is 0 Å². The smallest absolute Gasteiger partial charge is 0.302 e. The number of carbonyl (C=O) groups is 1. The highest BCUT2D eigenvalue weighted by atomic mass is 16.7. The van der Waals surface area contributed by atoms with Gasteiger partial charge in [0.05, 0.1) is 12.2 Å². The lowest BCUT2D eigenvalue weighted by Crippen LogP contribution is -2.33. The fourth-order valence-corrected chi connectivity index (χ4v) is 2.26. The number of aliphatic hydroxyl groups is 1. The summed E-state index contributed by atoms with van der Waals surface area (Å²) >= 11 is 0. The Morgan fingerprint density at radius 3 is 2.81 bits per heavy atom. The van der Waals surface area contributed by atoms with Crippen LogP contribution in [-0.4, -0.2) is 41.3 Å². The molecule has 16 heavy (non-hydrogen) atoms. The molecular weight excluding hydrogens is 212 g/mol. The third kappa shape index (κ3) is 2.53. The number of hydrogen-bond donors (Lipinski definition) is 1. The van der Waals surface area contributed by atoms with Crippen LogP contribution in [0.25, 0.3) is 0 Å². The first-order valence-electron chi connectivity index (χ1n) is 5.52. The minimum atomic E-state index is -1.14. The molecule has 0 aromatic rings. The van der Waals surface area contributed by atoms with E-state index in [0.717, 1.165) is 6.42 Å². The van der Waals surface area contributed by atoms with Crippen LogP contribution in [0.2, 0.25) is 0 Å². The molecule has 1 heterocycles. The standard InChI is InChI=1S/C11H18O5/c1-7(12)14-6-8-4-11(5-9(11)15-8)16-10(2,3)13/h8-9,13H,4-6H2,1-3H3. The summed E-state index contributed by atoms with van der Waals surface area (Å²) in [5.41, 5.74) is -0.358. The average Bonchev–Trinajstić information content (AvgIpc) is 2.61. The topological polar surface area (TPSA) is 65.0 Å². The van der Waals surface area contributed by atoms with Crippen LogP contribution in [0.4, 0.5) is 0 Å². The van der Waals surface area contributed by atoms with E-state index in [0.29, 0.717) is 6.42 Å². The van der Waals surface area contributed by atoms with Gasteiger partial charge in [-0.1, -0.05) is 0 Å². The van der Waals surface area contributed by atoms with Gasteiger partial charge in [-0.2, -0.15) is 0 Å². The molecule has 0 amide bonds.